The van der Waals surface area contributed by atoms with Gasteiger partial charge in [0.2, 0.25) is 5.91 Å². The molecule has 0 rings (SSSR count). The molecule has 6 heteroatoms. The zero-order valence-electron chi connectivity index (χ0n) is 9.70. The standard InChI is InChI=1S/C10H17BrF3NO/c1-4-9(2,3)8(16)15(6-5-11)7-10(12,13)14/h4-7H2,1-3H3. The maximum atomic E-state index is 12.3. The Bertz CT molecular complexity index is 241. The van der Waals surface area contributed by atoms with Crippen LogP contribution in [0.25, 0.3) is 0 Å². The van der Waals surface area contributed by atoms with E-state index >= 15 is 0 Å². The van der Waals surface area contributed by atoms with E-state index in [1.54, 1.807) is 20.8 Å². The summed E-state index contributed by atoms with van der Waals surface area (Å²) in [5.74, 6) is -0.452. The second-order valence-corrected chi connectivity index (χ2v) is 5.06. The molecule has 1 amide bonds. The zero-order chi connectivity index (χ0) is 13.0. The molecule has 0 unspecified atom stereocenters. The van der Waals surface area contributed by atoms with Gasteiger partial charge in [-0.2, -0.15) is 13.2 Å². The van der Waals surface area contributed by atoms with Crippen LogP contribution < -0.4 is 0 Å². The predicted octanol–water partition coefficient (Wildman–Crippen LogP) is 3.21. The average molecular weight is 304 g/mol. The molecule has 0 N–H and O–H groups in total. The normalized spacial score (nSPS) is 12.7. The van der Waals surface area contributed by atoms with E-state index in [2.05, 4.69) is 15.9 Å². The van der Waals surface area contributed by atoms with Gasteiger partial charge in [0, 0.05) is 17.3 Å². The topological polar surface area (TPSA) is 20.3 Å². The van der Waals surface area contributed by atoms with Crippen LogP contribution in [0.5, 0.6) is 0 Å². The van der Waals surface area contributed by atoms with Gasteiger partial charge in [0.1, 0.15) is 6.54 Å². The van der Waals surface area contributed by atoms with Crippen LogP contribution in [0.1, 0.15) is 27.2 Å². The van der Waals surface area contributed by atoms with Gasteiger partial charge < -0.3 is 4.90 Å². The van der Waals surface area contributed by atoms with E-state index in [-0.39, 0.29) is 6.54 Å². The summed E-state index contributed by atoms with van der Waals surface area (Å²) in [6.45, 7) is 4.00. The van der Waals surface area contributed by atoms with Crippen molar-refractivity contribution in [3.63, 3.8) is 0 Å². The van der Waals surface area contributed by atoms with Gasteiger partial charge in [-0.1, -0.05) is 36.7 Å². The molecule has 0 aliphatic carbocycles. The van der Waals surface area contributed by atoms with E-state index in [0.29, 0.717) is 11.8 Å². The van der Waals surface area contributed by atoms with Crippen molar-refractivity contribution in [2.75, 3.05) is 18.4 Å². The highest BCUT2D eigenvalue weighted by Gasteiger charge is 2.37. The van der Waals surface area contributed by atoms with E-state index < -0.39 is 24.0 Å². The number of hydrogen-bond donors (Lipinski definition) is 0. The van der Waals surface area contributed by atoms with Crippen molar-refractivity contribution < 1.29 is 18.0 Å². The van der Waals surface area contributed by atoms with Crippen molar-refractivity contribution in [2.45, 2.75) is 33.4 Å². The van der Waals surface area contributed by atoms with Crippen LogP contribution in [0, 0.1) is 5.41 Å². The molecular formula is C10H17BrF3NO. The fourth-order valence-electron chi connectivity index (χ4n) is 1.15. The Kier molecular flexibility index (Phi) is 5.79. The number of alkyl halides is 4. The van der Waals surface area contributed by atoms with E-state index in [4.69, 9.17) is 0 Å². The maximum absolute atomic E-state index is 12.3. The first-order valence-corrected chi connectivity index (χ1v) is 6.18. The van der Waals surface area contributed by atoms with E-state index in [0.717, 1.165) is 4.90 Å². The molecule has 0 aromatic rings. The molecule has 96 valence electrons. The molecule has 2 nitrogen and oxygen atoms in total. The van der Waals surface area contributed by atoms with Gasteiger partial charge in [-0.15, -0.1) is 0 Å². The number of rotatable bonds is 5. The Morgan fingerprint density at radius 2 is 1.81 bits per heavy atom. The number of hydrogen-bond acceptors (Lipinski definition) is 1. The Morgan fingerprint density at radius 3 is 2.12 bits per heavy atom. The lowest BCUT2D eigenvalue weighted by Crippen LogP contribution is -2.46. The van der Waals surface area contributed by atoms with E-state index in [1.807, 2.05) is 0 Å². The minimum atomic E-state index is -4.35. The van der Waals surface area contributed by atoms with E-state index in [1.165, 1.54) is 0 Å². The van der Waals surface area contributed by atoms with Gasteiger partial charge in [0.05, 0.1) is 0 Å². The molecule has 0 aliphatic heterocycles. The molecule has 0 aromatic carbocycles. The lowest BCUT2D eigenvalue weighted by atomic mass is 9.88. The minimum absolute atomic E-state index is 0.0712. The van der Waals surface area contributed by atoms with Crippen LogP contribution in [0.15, 0.2) is 0 Å². The summed E-state index contributed by atoms with van der Waals surface area (Å²) in [5.41, 5.74) is -0.743. The van der Waals surface area contributed by atoms with Gasteiger partial charge >= 0.3 is 6.18 Å². The van der Waals surface area contributed by atoms with Crippen LogP contribution in [0.3, 0.4) is 0 Å². The summed E-state index contributed by atoms with van der Waals surface area (Å²) in [5, 5.41) is 0.342. The predicted molar refractivity (Wildman–Crippen MR) is 60.5 cm³/mol. The molecule has 0 saturated heterocycles. The van der Waals surface area contributed by atoms with Gasteiger partial charge in [0.15, 0.2) is 0 Å². The van der Waals surface area contributed by atoms with Crippen molar-refractivity contribution in [1.29, 1.82) is 0 Å². The molecule has 0 fully saturated rings. The number of carbonyl (C=O) groups is 1. The lowest BCUT2D eigenvalue weighted by Gasteiger charge is -2.31. The third-order valence-corrected chi connectivity index (χ3v) is 2.83. The first-order chi connectivity index (χ1) is 7.14. The number of halogens is 4. The monoisotopic (exact) mass is 303 g/mol. The second kappa shape index (κ2) is 5.89. The summed E-state index contributed by atoms with van der Waals surface area (Å²) in [4.78, 5) is 12.7. The summed E-state index contributed by atoms with van der Waals surface area (Å²) in [7, 11) is 0. The van der Waals surface area contributed by atoms with Crippen LogP contribution in [0.2, 0.25) is 0 Å². The largest absolute Gasteiger partial charge is 0.406 e. The first-order valence-electron chi connectivity index (χ1n) is 5.06. The van der Waals surface area contributed by atoms with Crippen LogP contribution in [-0.2, 0) is 4.79 Å². The molecule has 0 saturated carbocycles. The van der Waals surface area contributed by atoms with E-state index in [9.17, 15) is 18.0 Å². The van der Waals surface area contributed by atoms with Crippen molar-refractivity contribution in [1.82, 2.24) is 4.90 Å². The maximum Gasteiger partial charge on any atom is 0.406 e. The van der Waals surface area contributed by atoms with Crippen molar-refractivity contribution >= 4 is 21.8 Å². The van der Waals surface area contributed by atoms with Gasteiger partial charge in [-0.25, -0.2) is 0 Å². The molecule has 16 heavy (non-hydrogen) atoms. The van der Waals surface area contributed by atoms with Crippen molar-refractivity contribution in [3.05, 3.63) is 0 Å². The highest BCUT2D eigenvalue weighted by molar-refractivity contribution is 9.09. The van der Waals surface area contributed by atoms with Crippen molar-refractivity contribution in [3.8, 4) is 0 Å². The van der Waals surface area contributed by atoms with Crippen LogP contribution in [0.4, 0.5) is 13.2 Å². The number of carbonyl (C=O) groups excluding carboxylic acids is 1. The first kappa shape index (κ1) is 15.7. The summed E-state index contributed by atoms with van der Waals surface area (Å²) in [6, 6.07) is 0. The molecule has 0 atom stereocenters. The SMILES string of the molecule is CCC(C)(C)C(=O)N(CCBr)CC(F)(F)F. The van der Waals surface area contributed by atoms with Crippen molar-refractivity contribution in [2.24, 2.45) is 5.41 Å². The smallest absolute Gasteiger partial charge is 0.332 e. The molecule has 0 heterocycles. The van der Waals surface area contributed by atoms with Gasteiger partial charge in [0.25, 0.3) is 0 Å². The van der Waals surface area contributed by atoms with Gasteiger partial charge in [-0.3, -0.25) is 4.79 Å². The molecule has 0 bridgehead atoms. The number of nitrogens with zero attached hydrogens (tertiary/aromatic N) is 1. The Morgan fingerprint density at radius 1 is 1.31 bits per heavy atom. The highest BCUT2D eigenvalue weighted by atomic mass is 79.9. The molecule has 0 aromatic heterocycles. The second-order valence-electron chi connectivity index (χ2n) is 4.27. The Balaban J connectivity index is 4.72. The minimum Gasteiger partial charge on any atom is -0.332 e. The quantitative estimate of drug-likeness (QED) is 0.714. The fraction of sp³-hybridized carbons (Fsp3) is 0.900. The van der Waals surface area contributed by atoms with Crippen LogP contribution >= 0.6 is 15.9 Å². The highest BCUT2D eigenvalue weighted by Crippen LogP contribution is 2.25. The van der Waals surface area contributed by atoms with Gasteiger partial charge in [-0.05, 0) is 6.42 Å². The third-order valence-electron chi connectivity index (χ3n) is 2.47. The Hall–Kier alpha value is -0.260. The zero-order valence-corrected chi connectivity index (χ0v) is 11.3. The molecule has 0 spiro atoms. The Labute approximate surface area is 102 Å². The molecule has 0 radical (unpaired) electrons. The number of amides is 1. The summed E-state index contributed by atoms with van der Waals surface area (Å²) in [6.07, 6.45) is -3.83. The average Bonchev–Trinajstić information content (AvgIpc) is 2.14. The summed E-state index contributed by atoms with van der Waals surface area (Å²) < 4.78 is 36.8. The molecule has 0 aliphatic rings. The fourth-order valence-corrected chi connectivity index (χ4v) is 1.58. The lowest BCUT2D eigenvalue weighted by molar-refractivity contribution is -0.166. The molecular weight excluding hydrogens is 287 g/mol. The summed E-state index contributed by atoms with van der Waals surface area (Å²) >= 11 is 3.05. The third kappa shape index (κ3) is 5.18. The van der Waals surface area contributed by atoms with Crippen LogP contribution in [-0.4, -0.2) is 35.4 Å².